The third-order valence-corrected chi connectivity index (χ3v) is 3.99. The summed E-state index contributed by atoms with van der Waals surface area (Å²) in [5.41, 5.74) is 2.91. The summed E-state index contributed by atoms with van der Waals surface area (Å²) < 4.78 is 0. The van der Waals surface area contributed by atoms with Crippen molar-refractivity contribution < 1.29 is 0 Å². The maximum absolute atomic E-state index is 12.3. The molecule has 0 aliphatic heterocycles. The van der Waals surface area contributed by atoms with Gasteiger partial charge in [-0.3, -0.25) is 9.78 Å². The Labute approximate surface area is 146 Å². The van der Waals surface area contributed by atoms with E-state index in [1.54, 1.807) is 6.20 Å². The summed E-state index contributed by atoms with van der Waals surface area (Å²) in [4.78, 5) is 26.2. The zero-order valence-electron chi connectivity index (χ0n) is 14.8. The molecule has 0 aliphatic carbocycles. The second kappa shape index (κ2) is 7.44. The number of hydrogen-bond acceptors (Lipinski definition) is 5. The van der Waals surface area contributed by atoms with Crippen molar-refractivity contribution in [1.29, 1.82) is 0 Å². The fraction of sp³-hybridized carbons (Fsp3) is 0.316. The molecule has 3 aromatic rings. The Morgan fingerprint density at radius 2 is 2.04 bits per heavy atom. The largest absolute Gasteiger partial charge is 0.368 e. The predicted molar refractivity (Wildman–Crippen MR) is 101 cm³/mol. The first-order valence-electron chi connectivity index (χ1n) is 8.34. The smallest absolute Gasteiger partial charge is 0.259 e. The third kappa shape index (κ3) is 4.22. The molecule has 2 N–H and O–H groups in total. The van der Waals surface area contributed by atoms with Gasteiger partial charge in [0.25, 0.3) is 5.56 Å². The zero-order valence-corrected chi connectivity index (χ0v) is 14.8. The Morgan fingerprint density at radius 1 is 1.20 bits per heavy atom. The van der Waals surface area contributed by atoms with Gasteiger partial charge in [0.1, 0.15) is 5.82 Å². The molecular weight excluding hydrogens is 314 g/mol. The van der Waals surface area contributed by atoms with Gasteiger partial charge in [-0.25, -0.2) is 4.98 Å². The van der Waals surface area contributed by atoms with E-state index in [1.807, 2.05) is 45.4 Å². The van der Waals surface area contributed by atoms with E-state index in [1.165, 1.54) is 5.56 Å². The third-order valence-electron chi connectivity index (χ3n) is 3.99. The van der Waals surface area contributed by atoms with Crippen molar-refractivity contribution in [3.8, 4) is 0 Å². The van der Waals surface area contributed by atoms with Crippen molar-refractivity contribution >= 4 is 16.6 Å². The topological polar surface area (TPSA) is 73.9 Å². The van der Waals surface area contributed by atoms with Gasteiger partial charge in [0.15, 0.2) is 0 Å². The van der Waals surface area contributed by atoms with Crippen molar-refractivity contribution in [2.75, 3.05) is 32.5 Å². The molecule has 0 saturated carbocycles. The van der Waals surface area contributed by atoms with E-state index < -0.39 is 0 Å². The van der Waals surface area contributed by atoms with E-state index in [-0.39, 0.29) is 5.56 Å². The number of fused-ring (bicyclic) bond motifs is 1. The SMILES string of the molecule is Cc1ccnc(Cc2cc3cc[nH]c(=O)c3c(NCCN(C)C)n2)c1. The highest BCUT2D eigenvalue weighted by Gasteiger charge is 2.10. The number of pyridine rings is 3. The van der Waals surface area contributed by atoms with Crippen LogP contribution in [0.25, 0.3) is 10.8 Å². The van der Waals surface area contributed by atoms with Crippen molar-refractivity contribution in [3.05, 3.63) is 64.0 Å². The molecule has 3 aromatic heterocycles. The normalized spacial score (nSPS) is 11.2. The molecule has 0 aliphatic rings. The number of anilines is 1. The summed E-state index contributed by atoms with van der Waals surface area (Å²) in [5, 5.41) is 4.79. The Balaban J connectivity index is 1.98. The summed E-state index contributed by atoms with van der Waals surface area (Å²) in [6, 6.07) is 7.91. The van der Waals surface area contributed by atoms with Gasteiger partial charge in [-0.15, -0.1) is 0 Å². The van der Waals surface area contributed by atoms with Crippen molar-refractivity contribution in [3.63, 3.8) is 0 Å². The molecule has 6 nitrogen and oxygen atoms in total. The summed E-state index contributed by atoms with van der Waals surface area (Å²) in [7, 11) is 4.03. The second-order valence-corrected chi connectivity index (χ2v) is 6.46. The van der Waals surface area contributed by atoms with Crippen LogP contribution in [0.15, 0.2) is 41.5 Å². The maximum atomic E-state index is 12.3. The summed E-state index contributed by atoms with van der Waals surface area (Å²) in [6.45, 7) is 3.62. The molecule has 3 rings (SSSR count). The molecule has 0 spiro atoms. The van der Waals surface area contributed by atoms with Crippen LogP contribution >= 0.6 is 0 Å². The fourth-order valence-electron chi connectivity index (χ4n) is 2.77. The average Bonchev–Trinajstić information content (AvgIpc) is 2.54. The minimum atomic E-state index is -0.127. The number of rotatable bonds is 6. The van der Waals surface area contributed by atoms with E-state index in [0.29, 0.717) is 17.6 Å². The molecule has 6 heteroatoms. The lowest BCUT2D eigenvalue weighted by Crippen LogP contribution is -2.22. The lowest BCUT2D eigenvalue weighted by Gasteiger charge is -2.13. The van der Waals surface area contributed by atoms with Crippen LogP contribution in [-0.4, -0.2) is 47.0 Å². The highest BCUT2D eigenvalue weighted by Crippen LogP contribution is 2.20. The molecule has 0 saturated heterocycles. The van der Waals surface area contributed by atoms with Crippen molar-refractivity contribution in [1.82, 2.24) is 19.9 Å². The minimum Gasteiger partial charge on any atom is -0.368 e. The van der Waals surface area contributed by atoms with Gasteiger partial charge in [-0.1, -0.05) is 0 Å². The van der Waals surface area contributed by atoms with Crippen LogP contribution in [0.5, 0.6) is 0 Å². The van der Waals surface area contributed by atoms with Gasteiger partial charge in [-0.2, -0.15) is 0 Å². The van der Waals surface area contributed by atoms with Crippen LogP contribution < -0.4 is 10.9 Å². The number of aromatic nitrogens is 3. The number of likely N-dealkylation sites (N-methyl/N-ethyl adjacent to an activating group) is 1. The number of aromatic amines is 1. The summed E-state index contributed by atoms with van der Waals surface area (Å²) in [6.07, 6.45) is 4.11. The van der Waals surface area contributed by atoms with Crippen LogP contribution in [0.2, 0.25) is 0 Å². The number of nitrogens with zero attached hydrogens (tertiary/aromatic N) is 3. The van der Waals surface area contributed by atoms with E-state index in [9.17, 15) is 4.79 Å². The average molecular weight is 337 g/mol. The van der Waals surface area contributed by atoms with Gasteiger partial charge in [0.05, 0.1) is 5.39 Å². The zero-order chi connectivity index (χ0) is 17.8. The van der Waals surface area contributed by atoms with Crippen LogP contribution in [0.1, 0.15) is 17.0 Å². The molecule has 0 atom stereocenters. The second-order valence-electron chi connectivity index (χ2n) is 6.46. The van der Waals surface area contributed by atoms with Gasteiger partial charge in [0.2, 0.25) is 0 Å². The Kier molecular flexibility index (Phi) is 5.09. The number of H-pyrrole nitrogens is 1. The first kappa shape index (κ1) is 17.1. The molecule has 0 aromatic carbocycles. The molecule has 130 valence electrons. The van der Waals surface area contributed by atoms with Crippen LogP contribution in [0.3, 0.4) is 0 Å². The number of hydrogen-bond donors (Lipinski definition) is 2. The Hall–Kier alpha value is -2.73. The van der Waals surface area contributed by atoms with E-state index >= 15 is 0 Å². The molecule has 3 heterocycles. The van der Waals surface area contributed by atoms with Gasteiger partial charge >= 0.3 is 0 Å². The first-order chi connectivity index (χ1) is 12.0. The van der Waals surface area contributed by atoms with Crippen molar-refractivity contribution in [2.24, 2.45) is 0 Å². The molecule has 0 unspecified atom stereocenters. The number of nitrogens with one attached hydrogen (secondary N) is 2. The van der Waals surface area contributed by atoms with Gasteiger partial charge < -0.3 is 15.2 Å². The van der Waals surface area contributed by atoms with E-state index in [4.69, 9.17) is 4.98 Å². The molecule has 0 amide bonds. The van der Waals surface area contributed by atoms with Crippen LogP contribution in [0, 0.1) is 6.92 Å². The molecule has 0 bridgehead atoms. The lowest BCUT2D eigenvalue weighted by molar-refractivity contribution is 0.425. The predicted octanol–water partition coefficient (Wildman–Crippen LogP) is 2.19. The first-order valence-corrected chi connectivity index (χ1v) is 8.34. The van der Waals surface area contributed by atoms with Crippen LogP contribution in [0.4, 0.5) is 5.82 Å². The molecule has 25 heavy (non-hydrogen) atoms. The summed E-state index contributed by atoms with van der Waals surface area (Å²) >= 11 is 0. The lowest BCUT2D eigenvalue weighted by atomic mass is 10.1. The van der Waals surface area contributed by atoms with Crippen LogP contribution in [-0.2, 0) is 6.42 Å². The molecule has 0 radical (unpaired) electrons. The van der Waals surface area contributed by atoms with E-state index in [0.717, 1.165) is 29.9 Å². The molecular formula is C19H23N5O. The standard InChI is InChI=1S/C19H23N5O/c1-13-4-6-20-15(10-13)12-16-11-14-5-7-22-19(25)17(14)18(23-16)21-8-9-24(2)3/h4-7,10-11H,8-9,12H2,1-3H3,(H,21,23)(H,22,25). The minimum absolute atomic E-state index is 0.127. The van der Waals surface area contributed by atoms with Gasteiger partial charge in [0, 0.05) is 43.3 Å². The maximum Gasteiger partial charge on any atom is 0.259 e. The van der Waals surface area contributed by atoms with E-state index in [2.05, 4.69) is 26.3 Å². The Bertz CT molecular complexity index is 932. The quantitative estimate of drug-likeness (QED) is 0.721. The molecule has 0 fully saturated rings. The fourth-order valence-corrected chi connectivity index (χ4v) is 2.77. The van der Waals surface area contributed by atoms with Crippen molar-refractivity contribution in [2.45, 2.75) is 13.3 Å². The monoisotopic (exact) mass is 337 g/mol. The highest BCUT2D eigenvalue weighted by atomic mass is 16.1. The highest BCUT2D eigenvalue weighted by molar-refractivity contribution is 5.91. The Morgan fingerprint density at radius 3 is 2.80 bits per heavy atom. The number of aryl methyl sites for hydroxylation is 1. The summed E-state index contributed by atoms with van der Waals surface area (Å²) in [5.74, 6) is 0.629. The van der Waals surface area contributed by atoms with Gasteiger partial charge in [-0.05, 0) is 56.2 Å².